The molecule has 0 bridgehead atoms. The van der Waals surface area contributed by atoms with E-state index in [0.29, 0.717) is 6.42 Å². The zero-order valence-electron chi connectivity index (χ0n) is 12.0. The van der Waals surface area contributed by atoms with Gasteiger partial charge in [0.2, 0.25) is 5.91 Å². The summed E-state index contributed by atoms with van der Waals surface area (Å²) in [5.41, 5.74) is 4.45. The van der Waals surface area contributed by atoms with Crippen molar-refractivity contribution in [3.8, 4) is 0 Å². The number of hydrogen-bond donors (Lipinski definition) is 0. The molecule has 1 unspecified atom stereocenters. The molecule has 1 fully saturated rings. The number of nitrogens with zero attached hydrogens (tertiary/aromatic N) is 1. The molecule has 1 atom stereocenters. The van der Waals surface area contributed by atoms with Gasteiger partial charge in [-0.3, -0.25) is 4.79 Å². The SMILES string of the molecule is CC12C=C(c3ccccc3)c3ccccc3N1C(=O)CC2. The molecule has 2 aliphatic heterocycles. The molecule has 2 aliphatic rings. The quantitative estimate of drug-likeness (QED) is 0.770. The maximum atomic E-state index is 12.3. The van der Waals surface area contributed by atoms with E-state index in [2.05, 4.69) is 49.4 Å². The molecule has 0 aliphatic carbocycles. The van der Waals surface area contributed by atoms with Crippen molar-refractivity contribution in [2.24, 2.45) is 0 Å². The van der Waals surface area contributed by atoms with E-state index in [1.165, 1.54) is 11.1 Å². The van der Waals surface area contributed by atoms with Gasteiger partial charge in [0.15, 0.2) is 0 Å². The summed E-state index contributed by atoms with van der Waals surface area (Å²) in [4.78, 5) is 14.3. The van der Waals surface area contributed by atoms with Gasteiger partial charge < -0.3 is 4.90 Å². The molecule has 0 aromatic heterocycles. The van der Waals surface area contributed by atoms with E-state index in [1.54, 1.807) is 0 Å². The van der Waals surface area contributed by atoms with Crippen molar-refractivity contribution in [3.05, 3.63) is 71.8 Å². The first-order valence-electron chi connectivity index (χ1n) is 7.40. The smallest absolute Gasteiger partial charge is 0.227 e. The molecule has 2 aromatic carbocycles. The van der Waals surface area contributed by atoms with Gasteiger partial charge in [0.05, 0.1) is 11.2 Å². The Morgan fingerprint density at radius 2 is 1.71 bits per heavy atom. The predicted molar refractivity (Wildman–Crippen MR) is 85.1 cm³/mol. The van der Waals surface area contributed by atoms with Crippen LogP contribution in [0.4, 0.5) is 5.69 Å². The van der Waals surface area contributed by atoms with Crippen LogP contribution >= 0.6 is 0 Å². The highest BCUT2D eigenvalue weighted by molar-refractivity contribution is 6.04. The van der Waals surface area contributed by atoms with E-state index < -0.39 is 0 Å². The van der Waals surface area contributed by atoms with E-state index in [9.17, 15) is 4.79 Å². The summed E-state index contributed by atoms with van der Waals surface area (Å²) >= 11 is 0. The molecule has 4 rings (SSSR count). The van der Waals surface area contributed by atoms with Crippen LogP contribution in [-0.4, -0.2) is 11.4 Å². The molecule has 2 heteroatoms. The fraction of sp³-hybridized carbons (Fsp3) is 0.211. The van der Waals surface area contributed by atoms with Crippen LogP contribution in [0, 0.1) is 0 Å². The van der Waals surface area contributed by atoms with Crippen molar-refractivity contribution in [2.45, 2.75) is 25.3 Å². The van der Waals surface area contributed by atoms with Gasteiger partial charge >= 0.3 is 0 Å². The number of para-hydroxylation sites is 1. The van der Waals surface area contributed by atoms with Crippen molar-refractivity contribution in [1.29, 1.82) is 0 Å². The first-order valence-corrected chi connectivity index (χ1v) is 7.40. The van der Waals surface area contributed by atoms with Crippen molar-refractivity contribution >= 4 is 17.2 Å². The fourth-order valence-corrected chi connectivity index (χ4v) is 3.56. The van der Waals surface area contributed by atoms with Crippen molar-refractivity contribution in [2.75, 3.05) is 4.90 Å². The largest absolute Gasteiger partial charge is 0.302 e. The molecule has 0 radical (unpaired) electrons. The number of amides is 1. The highest BCUT2D eigenvalue weighted by Gasteiger charge is 2.44. The van der Waals surface area contributed by atoms with Gasteiger partial charge in [-0.25, -0.2) is 0 Å². The van der Waals surface area contributed by atoms with Gasteiger partial charge in [0.1, 0.15) is 0 Å². The molecule has 2 aromatic rings. The van der Waals surface area contributed by atoms with Crippen molar-refractivity contribution in [3.63, 3.8) is 0 Å². The van der Waals surface area contributed by atoms with Gasteiger partial charge in [-0.1, -0.05) is 54.6 Å². The summed E-state index contributed by atoms with van der Waals surface area (Å²) in [6, 6.07) is 18.7. The minimum atomic E-state index is -0.198. The second-order valence-corrected chi connectivity index (χ2v) is 6.03. The number of rotatable bonds is 1. The number of hydrogen-bond acceptors (Lipinski definition) is 1. The molecule has 104 valence electrons. The lowest BCUT2D eigenvalue weighted by Gasteiger charge is -2.39. The van der Waals surface area contributed by atoms with E-state index >= 15 is 0 Å². The molecule has 0 spiro atoms. The lowest BCUT2D eigenvalue weighted by atomic mass is 9.84. The number of fused-ring (bicyclic) bond motifs is 3. The highest BCUT2D eigenvalue weighted by atomic mass is 16.2. The number of anilines is 1. The Morgan fingerprint density at radius 3 is 2.52 bits per heavy atom. The van der Waals surface area contributed by atoms with E-state index in [0.717, 1.165) is 17.7 Å². The fourth-order valence-electron chi connectivity index (χ4n) is 3.56. The van der Waals surface area contributed by atoms with Crippen LogP contribution in [0.2, 0.25) is 0 Å². The summed E-state index contributed by atoms with van der Waals surface area (Å²) in [5, 5.41) is 0. The van der Waals surface area contributed by atoms with Crippen LogP contribution in [0.25, 0.3) is 5.57 Å². The van der Waals surface area contributed by atoms with Crippen LogP contribution in [0.5, 0.6) is 0 Å². The summed E-state index contributed by atoms with van der Waals surface area (Å²) in [6.07, 6.45) is 3.79. The van der Waals surface area contributed by atoms with E-state index in [4.69, 9.17) is 0 Å². The molecule has 21 heavy (non-hydrogen) atoms. The second kappa shape index (κ2) is 4.32. The zero-order chi connectivity index (χ0) is 14.4. The summed E-state index contributed by atoms with van der Waals surface area (Å²) in [7, 11) is 0. The third-order valence-corrected chi connectivity index (χ3v) is 4.58. The first kappa shape index (κ1) is 12.4. The van der Waals surface area contributed by atoms with Crippen LogP contribution < -0.4 is 4.90 Å². The summed E-state index contributed by atoms with van der Waals surface area (Å²) in [5.74, 6) is 0.230. The molecule has 1 saturated heterocycles. The van der Waals surface area contributed by atoms with Gasteiger partial charge in [0.25, 0.3) is 0 Å². The summed E-state index contributed by atoms with van der Waals surface area (Å²) < 4.78 is 0. The average Bonchev–Trinajstić information content (AvgIpc) is 2.83. The number of benzene rings is 2. The molecule has 2 nitrogen and oxygen atoms in total. The Morgan fingerprint density at radius 1 is 1.00 bits per heavy atom. The molecule has 0 N–H and O–H groups in total. The Bertz CT molecular complexity index is 747. The Hall–Kier alpha value is -2.35. The Labute approximate surface area is 124 Å². The van der Waals surface area contributed by atoms with Crippen molar-refractivity contribution in [1.82, 2.24) is 0 Å². The van der Waals surface area contributed by atoms with Gasteiger partial charge in [-0.05, 0) is 30.5 Å². The lowest BCUT2D eigenvalue weighted by Crippen LogP contribution is -2.44. The van der Waals surface area contributed by atoms with Crippen LogP contribution in [0.3, 0.4) is 0 Å². The average molecular weight is 275 g/mol. The topological polar surface area (TPSA) is 20.3 Å². The van der Waals surface area contributed by atoms with Gasteiger partial charge in [-0.2, -0.15) is 0 Å². The normalized spacial score (nSPS) is 23.6. The van der Waals surface area contributed by atoms with Crippen LogP contribution in [0.15, 0.2) is 60.7 Å². The Balaban J connectivity index is 1.98. The molecule has 2 heterocycles. The zero-order valence-corrected chi connectivity index (χ0v) is 12.0. The monoisotopic (exact) mass is 275 g/mol. The molecule has 1 amide bonds. The lowest BCUT2D eigenvalue weighted by molar-refractivity contribution is -0.117. The molecule has 0 saturated carbocycles. The first-order chi connectivity index (χ1) is 10.2. The summed E-state index contributed by atoms with van der Waals surface area (Å²) in [6.45, 7) is 2.16. The predicted octanol–water partition coefficient (Wildman–Crippen LogP) is 4.02. The molecular weight excluding hydrogens is 258 g/mol. The number of carbonyl (C=O) groups is 1. The van der Waals surface area contributed by atoms with Crippen molar-refractivity contribution < 1.29 is 4.79 Å². The maximum absolute atomic E-state index is 12.3. The third-order valence-electron chi connectivity index (χ3n) is 4.58. The minimum Gasteiger partial charge on any atom is -0.302 e. The van der Waals surface area contributed by atoms with Crippen LogP contribution in [-0.2, 0) is 4.79 Å². The highest BCUT2D eigenvalue weighted by Crippen LogP contribution is 2.46. The van der Waals surface area contributed by atoms with Gasteiger partial charge in [0, 0.05) is 12.0 Å². The van der Waals surface area contributed by atoms with E-state index in [-0.39, 0.29) is 11.4 Å². The second-order valence-electron chi connectivity index (χ2n) is 6.03. The standard InChI is InChI=1S/C19H17NO/c1-19-12-11-18(21)20(19)17-10-6-5-9-15(17)16(13-19)14-7-3-2-4-8-14/h2-10,13H,11-12H2,1H3. The Kier molecular flexibility index (Phi) is 2.55. The van der Waals surface area contributed by atoms with Crippen LogP contribution in [0.1, 0.15) is 30.9 Å². The molecular formula is C19H17NO. The number of carbonyl (C=O) groups excluding carboxylic acids is 1. The third kappa shape index (κ3) is 1.75. The maximum Gasteiger partial charge on any atom is 0.227 e. The van der Waals surface area contributed by atoms with Gasteiger partial charge in [-0.15, -0.1) is 0 Å². The van der Waals surface area contributed by atoms with E-state index in [1.807, 2.05) is 23.1 Å². The minimum absolute atomic E-state index is 0.198.